The van der Waals surface area contributed by atoms with Gasteiger partial charge in [0.25, 0.3) is 0 Å². The van der Waals surface area contributed by atoms with E-state index in [9.17, 15) is 22.4 Å². The molecule has 0 spiro atoms. The van der Waals surface area contributed by atoms with Crippen molar-refractivity contribution < 1.29 is 22.4 Å². The summed E-state index contributed by atoms with van der Waals surface area (Å²) in [4.78, 5) is 23.4. The summed E-state index contributed by atoms with van der Waals surface area (Å²) in [6.07, 6.45) is 0.400. The Morgan fingerprint density at radius 3 is 2.19 bits per heavy atom. The Balaban J connectivity index is 1.77. The maximum Gasteiger partial charge on any atom is 0.309 e. The average Bonchev–Trinajstić information content (AvgIpc) is 2.60. The van der Waals surface area contributed by atoms with Gasteiger partial charge in [-0.25, -0.2) is 17.9 Å². The molecule has 7 nitrogen and oxygen atoms in total. The van der Waals surface area contributed by atoms with Crippen LogP contribution in [-0.4, -0.2) is 26.8 Å². The lowest BCUT2D eigenvalue weighted by molar-refractivity contribution is -0.139. The summed E-state index contributed by atoms with van der Waals surface area (Å²) in [7, 11) is -3.75. The largest absolute Gasteiger partial charge is 0.348 e. The van der Waals surface area contributed by atoms with E-state index in [0.29, 0.717) is 6.42 Å². The first-order valence-corrected chi connectivity index (χ1v) is 9.23. The van der Waals surface area contributed by atoms with Crippen molar-refractivity contribution >= 4 is 21.8 Å². The molecule has 0 atom stereocenters. The van der Waals surface area contributed by atoms with Crippen LogP contribution in [0, 0.1) is 5.82 Å². The highest BCUT2D eigenvalue weighted by Gasteiger charge is 2.13. The predicted molar refractivity (Wildman–Crippen MR) is 92.8 cm³/mol. The summed E-state index contributed by atoms with van der Waals surface area (Å²) >= 11 is 0. The number of hydrogen-bond acceptors (Lipinski definition) is 4. The molecule has 26 heavy (non-hydrogen) atoms. The molecule has 2 aromatic rings. The molecular formula is C17H18FN3O4S. The van der Waals surface area contributed by atoms with Crippen molar-refractivity contribution in [1.29, 1.82) is 0 Å². The topological polar surface area (TPSA) is 118 Å². The highest BCUT2D eigenvalue weighted by Crippen LogP contribution is 2.09. The molecule has 9 heteroatoms. The average molecular weight is 379 g/mol. The van der Waals surface area contributed by atoms with Crippen LogP contribution in [0.3, 0.4) is 0 Å². The Kier molecular flexibility index (Phi) is 6.42. The zero-order chi connectivity index (χ0) is 19.2. The molecule has 0 bridgehead atoms. The molecule has 2 aromatic carbocycles. The van der Waals surface area contributed by atoms with Crippen molar-refractivity contribution in [3.63, 3.8) is 0 Å². The van der Waals surface area contributed by atoms with Gasteiger partial charge in [-0.15, -0.1) is 0 Å². The summed E-state index contributed by atoms with van der Waals surface area (Å²) in [5, 5.41) is 9.79. The highest BCUT2D eigenvalue weighted by molar-refractivity contribution is 7.89. The van der Waals surface area contributed by atoms with Gasteiger partial charge in [0.2, 0.25) is 10.0 Å². The van der Waals surface area contributed by atoms with Crippen LogP contribution in [-0.2, 0) is 32.6 Å². The molecule has 0 aromatic heterocycles. The van der Waals surface area contributed by atoms with E-state index in [1.807, 2.05) is 0 Å². The van der Waals surface area contributed by atoms with Gasteiger partial charge < -0.3 is 10.6 Å². The zero-order valence-corrected chi connectivity index (χ0v) is 14.6. The number of primary sulfonamides is 1. The molecule has 0 saturated carbocycles. The quantitative estimate of drug-likeness (QED) is 0.632. The number of halogens is 1. The van der Waals surface area contributed by atoms with Crippen molar-refractivity contribution in [2.75, 3.05) is 6.54 Å². The lowest BCUT2D eigenvalue weighted by atomic mass is 10.1. The third-order valence-corrected chi connectivity index (χ3v) is 4.48. The second-order valence-corrected chi connectivity index (χ2v) is 7.03. The van der Waals surface area contributed by atoms with Gasteiger partial charge in [0.1, 0.15) is 5.82 Å². The third kappa shape index (κ3) is 5.64. The lowest BCUT2D eigenvalue weighted by Gasteiger charge is -2.07. The molecule has 2 amide bonds. The number of benzene rings is 2. The number of carbonyl (C=O) groups is 2. The number of nitrogens with two attached hydrogens (primary N) is 1. The van der Waals surface area contributed by atoms with Gasteiger partial charge in [-0.2, -0.15) is 0 Å². The maximum absolute atomic E-state index is 13.4. The van der Waals surface area contributed by atoms with Crippen molar-refractivity contribution in [2.24, 2.45) is 5.14 Å². The third-order valence-electron chi connectivity index (χ3n) is 3.55. The zero-order valence-electron chi connectivity index (χ0n) is 13.7. The second kappa shape index (κ2) is 8.54. The highest BCUT2D eigenvalue weighted by atomic mass is 32.2. The van der Waals surface area contributed by atoms with Crippen LogP contribution in [0.4, 0.5) is 4.39 Å². The summed E-state index contributed by atoms with van der Waals surface area (Å²) in [6.45, 7) is 0.0919. The summed E-state index contributed by atoms with van der Waals surface area (Å²) in [5.41, 5.74) is 1.05. The number of sulfonamides is 1. The summed E-state index contributed by atoms with van der Waals surface area (Å²) in [6, 6.07) is 11.8. The van der Waals surface area contributed by atoms with E-state index in [4.69, 9.17) is 5.14 Å². The van der Waals surface area contributed by atoms with E-state index < -0.39 is 27.7 Å². The summed E-state index contributed by atoms with van der Waals surface area (Å²) in [5.74, 6) is -2.16. The van der Waals surface area contributed by atoms with Crippen LogP contribution in [0.5, 0.6) is 0 Å². The molecule has 0 aliphatic carbocycles. The van der Waals surface area contributed by atoms with Crippen molar-refractivity contribution in [1.82, 2.24) is 10.6 Å². The van der Waals surface area contributed by atoms with E-state index in [1.165, 1.54) is 30.3 Å². The molecule has 0 heterocycles. The molecule has 0 radical (unpaired) electrons. The minimum atomic E-state index is -3.75. The first-order valence-electron chi connectivity index (χ1n) is 7.68. The van der Waals surface area contributed by atoms with Crippen LogP contribution in [0.2, 0.25) is 0 Å². The van der Waals surface area contributed by atoms with Gasteiger partial charge in [-0.3, -0.25) is 9.59 Å². The van der Waals surface area contributed by atoms with Crippen molar-refractivity contribution in [2.45, 2.75) is 17.9 Å². The Hall–Kier alpha value is -2.78. The Morgan fingerprint density at radius 2 is 1.58 bits per heavy atom. The van der Waals surface area contributed by atoms with Gasteiger partial charge in [-0.1, -0.05) is 30.3 Å². The van der Waals surface area contributed by atoms with Gasteiger partial charge in [-0.05, 0) is 30.2 Å². The first kappa shape index (κ1) is 19.5. The van der Waals surface area contributed by atoms with Gasteiger partial charge in [0.05, 0.1) is 4.90 Å². The number of hydrogen-bond donors (Lipinski definition) is 3. The van der Waals surface area contributed by atoms with Crippen LogP contribution >= 0.6 is 0 Å². The lowest BCUT2D eigenvalue weighted by Crippen LogP contribution is -2.40. The maximum atomic E-state index is 13.4. The smallest absolute Gasteiger partial charge is 0.309 e. The fourth-order valence-corrected chi connectivity index (χ4v) is 2.66. The van der Waals surface area contributed by atoms with Crippen LogP contribution in [0.25, 0.3) is 0 Å². The standard InChI is InChI=1S/C17H18FN3O4S/c18-15-4-2-1-3-13(15)11-21-17(23)16(22)20-10-9-12-5-7-14(8-6-12)26(19,24)25/h1-8H,9-11H2,(H,20,22)(H,21,23)(H2,19,24,25). The molecule has 138 valence electrons. The van der Waals surface area contributed by atoms with E-state index in [-0.39, 0.29) is 23.5 Å². The van der Waals surface area contributed by atoms with Gasteiger partial charge >= 0.3 is 11.8 Å². The van der Waals surface area contributed by atoms with E-state index in [1.54, 1.807) is 18.2 Å². The Morgan fingerprint density at radius 1 is 0.962 bits per heavy atom. The number of amides is 2. The Bertz CT molecular complexity index is 898. The normalized spacial score (nSPS) is 11.0. The summed E-state index contributed by atoms with van der Waals surface area (Å²) < 4.78 is 35.8. The van der Waals surface area contributed by atoms with Crippen LogP contribution in [0.1, 0.15) is 11.1 Å². The monoisotopic (exact) mass is 379 g/mol. The minimum absolute atomic E-state index is 0.00203. The van der Waals surface area contributed by atoms with Gasteiger partial charge in [0.15, 0.2) is 0 Å². The molecule has 2 rings (SSSR count). The first-order chi connectivity index (χ1) is 12.3. The molecule has 0 aliphatic rings. The molecule has 0 saturated heterocycles. The molecule has 0 aliphatic heterocycles. The van der Waals surface area contributed by atoms with Gasteiger partial charge in [0, 0.05) is 18.7 Å². The van der Waals surface area contributed by atoms with E-state index in [2.05, 4.69) is 10.6 Å². The van der Waals surface area contributed by atoms with Crippen molar-refractivity contribution in [3.8, 4) is 0 Å². The van der Waals surface area contributed by atoms with E-state index >= 15 is 0 Å². The molecule has 0 unspecified atom stereocenters. The predicted octanol–water partition coefficient (Wildman–Crippen LogP) is 0.448. The second-order valence-electron chi connectivity index (χ2n) is 5.47. The molecular weight excluding hydrogens is 361 g/mol. The fourth-order valence-electron chi connectivity index (χ4n) is 2.14. The molecule has 0 fully saturated rings. The number of nitrogens with one attached hydrogen (secondary N) is 2. The van der Waals surface area contributed by atoms with Crippen LogP contribution in [0.15, 0.2) is 53.4 Å². The van der Waals surface area contributed by atoms with E-state index in [0.717, 1.165) is 5.56 Å². The Labute approximate surface area is 150 Å². The van der Waals surface area contributed by atoms with Crippen molar-refractivity contribution in [3.05, 3.63) is 65.5 Å². The SMILES string of the molecule is NS(=O)(=O)c1ccc(CCNC(=O)C(=O)NCc2ccccc2F)cc1. The fraction of sp³-hybridized carbons (Fsp3) is 0.176. The van der Waals surface area contributed by atoms with Crippen LogP contribution < -0.4 is 15.8 Å². The number of carbonyl (C=O) groups excluding carboxylic acids is 2. The molecule has 4 N–H and O–H groups in total. The minimum Gasteiger partial charge on any atom is -0.348 e. The number of rotatable bonds is 6.